The summed E-state index contributed by atoms with van der Waals surface area (Å²) < 4.78 is 0. The van der Waals surface area contributed by atoms with Gasteiger partial charge in [-0.3, -0.25) is 9.89 Å². The molecule has 0 unspecified atom stereocenters. The molecule has 1 aromatic carbocycles. The summed E-state index contributed by atoms with van der Waals surface area (Å²) in [6.45, 7) is 1.86. The summed E-state index contributed by atoms with van der Waals surface area (Å²) in [7, 11) is 0. The molecule has 1 heterocycles. The number of nitrogens with one attached hydrogen (secondary N) is 1. The van der Waals surface area contributed by atoms with Crippen LogP contribution in [0.5, 0.6) is 0 Å². The molecule has 0 atom stereocenters. The third-order valence-electron chi connectivity index (χ3n) is 2.10. The van der Waals surface area contributed by atoms with Crippen molar-refractivity contribution in [2.24, 2.45) is 0 Å². The summed E-state index contributed by atoms with van der Waals surface area (Å²) in [6.07, 6.45) is 2.25. The Bertz CT molecular complexity index is 445. The maximum absolute atomic E-state index is 11.5. The number of Topliss-reactive ketones (excluding diaryl/α,β-unsaturated/α-hetero) is 1. The van der Waals surface area contributed by atoms with E-state index in [1.54, 1.807) is 6.20 Å². The second-order valence-corrected chi connectivity index (χ2v) is 2.92. The van der Waals surface area contributed by atoms with E-state index in [4.69, 9.17) is 0 Å². The highest BCUT2D eigenvalue weighted by molar-refractivity contribution is 6.06. The van der Waals surface area contributed by atoms with Gasteiger partial charge in [0.2, 0.25) is 0 Å². The number of para-hydroxylation sites is 1. The Hall–Kier alpha value is -1.64. The number of hydrogen-bond donors (Lipinski definition) is 1. The molecule has 66 valence electrons. The van der Waals surface area contributed by atoms with E-state index in [0.29, 0.717) is 6.42 Å². The SMILES string of the molecule is CCC(=O)c1cccc2cn[nH]c12. The third-order valence-corrected chi connectivity index (χ3v) is 2.10. The number of H-pyrrole nitrogens is 1. The zero-order chi connectivity index (χ0) is 9.26. The zero-order valence-corrected chi connectivity index (χ0v) is 7.37. The van der Waals surface area contributed by atoms with Crippen molar-refractivity contribution in [3.8, 4) is 0 Å². The van der Waals surface area contributed by atoms with Gasteiger partial charge in [-0.05, 0) is 6.07 Å². The molecule has 3 nitrogen and oxygen atoms in total. The number of hydrogen-bond acceptors (Lipinski definition) is 2. The van der Waals surface area contributed by atoms with Crippen molar-refractivity contribution in [2.75, 3.05) is 0 Å². The van der Waals surface area contributed by atoms with Gasteiger partial charge in [0.05, 0.1) is 11.7 Å². The minimum Gasteiger partial charge on any atom is -0.294 e. The first-order valence-electron chi connectivity index (χ1n) is 4.28. The van der Waals surface area contributed by atoms with Gasteiger partial charge in [0.25, 0.3) is 0 Å². The van der Waals surface area contributed by atoms with Crippen LogP contribution in [-0.2, 0) is 0 Å². The van der Waals surface area contributed by atoms with E-state index in [1.807, 2.05) is 25.1 Å². The van der Waals surface area contributed by atoms with Crippen LogP contribution >= 0.6 is 0 Å². The van der Waals surface area contributed by atoms with E-state index in [0.717, 1.165) is 16.5 Å². The Morgan fingerprint density at radius 1 is 1.54 bits per heavy atom. The number of rotatable bonds is 2. The molecule has 2 rings (SSSR count). The molecule has 0 saturated heterocycles. The van der Waals surface area contributed by atoms with Gasteiger partial charge in [-0.25, -0.2) is 0 Å². The lowest BCUT2D eigenvalue weighted by Gasteiger charge is -1.98. The molecule has 0 aliphatic carbocycles. The first-order valence-corrected chi connectivity index (χ1v) is 4.28. The van der Waals surface area contributed by atoms with Gasteiger partial charge in [0.15, 0.2) is 5.78 Å². The number of carbonyl (C=O) groups excluding carboxylic acids is 1. The fourth-order valence-electron chi connectivity index (χ4n) is 1.39. The molecule has 13 heavy (non-hydrogen) atoms. The van der Waals surface area contributed by atoms with E-state index in [9.17, 15) is 4.79 Å². The molecule has 0 fully saturated rings. The molecule has 1 aromatic heterocycles. The molecule has 0 saturated carbocycles. The highest BCUT2D eigenvalue weighted by Gasteiger charge is 2.08. The summed E-state index contributed by atoms with van der Waals surface area (Å²) in [5.74, 6) is 0.148. The lowest BCUT2D eigenvalue weighted by molar-refractivity contribution is 0.0989. The molecule has 2 aromatic rings. The molecule has 1 N–H and O–H groups in total. The fourth-order valence-corrected chi connectivity index (χ4v) is 1.39. The van der Waals surface area contributed by atoms with Gasteiger partial charge < -0.3 is 0 Å². The molecule has 0 aliphatic rings. The van der Waals surface area contributed by atoms with E-state index < -0.39 is 0 Å². The molecule has 0 amide bonds. The lowest BCUT2D eigenvalue weighted by Crippen LogP contribution is -1.97. The summed E-state index contributed by atoms with van der Waals surface area (Å²) in [6, 6.07) is 5.64. The van der Waals surface area contributed by atoms with Crippen LogP contribution < -0.4 is 0 Å². The van der Waals surface area contributed by atoms with Crippen LogP contribution in [0.2, 0.25) is 0 Å². The van der Waals surface area contributed by atoms with Crippen molar-refractivity contribution < 1.29 is 4.79 Å². The Morgan fingerprint density at radius 3 is 3.15 bits per heavy atom. The van der Waals surface area contributed by atoms with Gasteiger partial charge in [-0.1, -0.05) is 19.1 Å². The van der Waals surface area contributed by atoms with Crippen molar-refractivity contribution in [1.82, 2.24) is 10.2 Å². The molecule has 0 spiro atoms. The number of fused-ring (bicyclic) bond motifs is 1. The highest BCUT2D eigenvalue weighted by Crippen LogP contribution is 2.16. The van der Waals surface area contributed by atoms with Crippen LogP contribution in [0.4, 0.5) is 0 Å². The second kappa shape index (κ2) is 3.01. The van der Waals surface area contributed by atoms with Crippen molar-refractivity contribution in [2.45, 2.75) is 13.3 Å². The molecule has 0 bridgehead atoms. The number of aromatic amines is 1. The van der Waals surface area contributed by atoms with Crippen LogP contribution in [0.15, 0.2) is 24.4 Å². The normalized spacial score (nSPS) is 10.5. The topological polar surface area (TPSA) is 45.8 Å². The van der Waals surface area contributed by atoms with Gasteiger partial charge in [0.1, 0.15) is 0 Å². The Kier molecular flexibility index (Phi) is 1.85. The number of nitrogens with zero attached hydrogens (tertiary/aromatic N) is 1. The second-order valence-electron chi connectivity index (χ2n) is 2.92. The van der Waals surface area contributed by atoms with Crippen molar-refractivity contribution in [1.29, 1.82) is 0 Å². The maximum Gasteiger partial charge on any atom is 0.164 e. The molecular formula is C10H10N2O. The monoisotopic (exact) mass is 174 g/mol. The Balaban J connectivity index is 2.67. The minimum absolute atomic E-state index is 0.148. The lowest BCUT2D eigenvalue weighted by atomic mass is 10.1. The van der Waals surface area contributed by atoms with Gasteiger partial charge in [-0.15, -0.1) is 0 Å². The summed E-state index contributed by atoms with van der Waals surface area (Å²) in [4.78, 5) is 11.5. The van der Waals surface area contributed by atoms with Crippen molar-refractivity contribution in [3.05, 3.63) is 30.0 Å². The van der Waals surface area contributed by atoms with E-state index in [1.165, 1.54) is 0 Å². The quantitative estimate of drug-likeness (QED) is 0.709. The van der Waals surface area contributed by atoms with Crippen LogP contribution in [0.25, 0.3) is 10.9 Å². The number of ketones is 1. The smallest absolute Gasteiger partial charge is 0.164 e. The van der Waals surface area contributed by atoms with Gasteiger partial charge >= 0.3 is 0 Å². The van der Waals surface area contributed by atoms with Gasteiger partial charge in [-0.2, -0.15) is 5.10 Å². The van der Waals surface area contributed by atoms with Crippen LogP contribution in [-0.4, -0.2) is 16.0 Å². The van der Waals surface area contributed by atoms with E-state index in [-0.39, 0.29) is 5.78 Å². The average molecular weight is 174 g/mol. The Morgan fingerprint density at radius 2 is 2.38 bits per heavy atom. The van der Waals surface area contributed by atoms with Crippen LogP contribution in [0.1, 0.15) is 23.7 Å². The predicted molar refractivity (Wildman–Crippen MR) is 50.7 cm³/mol. The standard InChI is InChI=1S/C10H10N2O/c1-2-9(13)8-5-3-4-7-6-11-12-10(7)8/h3-6H,2H2,1H3,(H,11,12). The molecule has 0 aliphatic heterocycles. The first kappa shape index (κ1) is 7.98. The average Bonchev–Trinajstić information content (AvgIpc) is 2.63. The summed E-state index contributed by atoms with van der Waals surface area (Å²) in [5, 5.41) is 7.72. The largest absolute Gasteiger partial charge is 0.294 e. The highest BCUT2D eigenvalue weighted by atomic mass is 16.1. The third kappa shape index (κ3) is 1.22. The summed E-state index contributed by atoms with van der Waals surface area (Å²) >= 11 is 0. The molecular weight excluding hydrogens is 164 g/mol. The first-order chi connectivity index (χ1) is 6.33. The van der Waals surface area contributed by atoms with Crippen LogP contribution in [0, 0.1) is 0 Å². The van der Waals surface area contributed by atoms with E-state index >= 15 is 0 Å². The summed E-state index contributed by atoms with van der Waals surface area (Å²) in [5.41, 5.74) is 1.58. The molecule has 0 radical (unpaired) electrons. The van der Waals surface area contributed by atoms with Crippen LogP contribution in [0.3, 0.4) is 0 Å². The van der Waals surface area contributed by atoms with Gasteiger partial charge in [0, 0.05) is 17.4 Å². The van der Waals surface area contributed by atoms with E-state index in [2.05, 4.69) is 10.2 Å². The van der Waals surface area contributed by atoms with Crippen molar-refractivity contribution in [3.63, 3.8) is 0 Å². The predicted octanol–water partition coefficient (Wildman–Crippen LogP) is 2.16. The van der Waals surface area contributed by atoms with Crippen molar-refractivity contribution >= 4 is 16.7 Å². The zero-order valence-electron chi connectivity index (χ0n) is 7.37. The number of carbonyl (C=O) groups is 1. The maximum atomic E-state index is 11.5. The fraction of sp³-hybridized carbons (Fsp3) is 0.200. The number of benzene rings is 1. The Labute approximate surface area is 75.8 Å². The molecule has 3 heteroatoms. The number of aromatic nitrogens is 2. The minimum atomic E-state index is 0.148.